The number of nitrogens with zero attached hydrogens (tertiary/aromatic N) is 1. The van der Waals surface area contributed by atoms with Crippen molar-refractivity contribution in [2.45, 2.75) is 38.5 Å². The van der Waals surface area contributed by atoms with Gasteiger partial charge in [0.1, 0.15) is 18.5 Å². The maximum Gasteiger partial charge on any atom is 0.151 e. The zero-order valence-electron chi connectivity index (χ0n) is 16.6. The molecule has 2 atom stereocenters. The average molecular weight is 482 g/mol. The van der Waals surface area contributed by atoms with E-state index in [1.165, 1.54) is 5.56 Å². The van der Waals surface area contributed by atoms with Gasteiger partial charge in [0.25, 0.3) is 0 Å². The number of sulfone groups is 1. The highest BCUT2D eigenvalue weighted by molar-refractivity contribution is 9.10. The van der Waals surface area contributed by atoms with E-state index in [9.17, 15) is 13.5 Å². The summed E-state index contributed by atoms with van der Waals surface area (Å²) in [4.78, 5) is 2.08. The maximum atomic E-state index is 12.0. The fraction of sp³-hybridized carbons (Fsp3) is 0.455. The van der Waals surface area contributed by atoms with E-state index in [-0.39, 0.29) is 24.2 Å². The topological polar surface area (TPSA) is 66.8 Å². The lowest BCUT2D eigenvalue weighted by Crippen LogP contribution is -2.42. The van der Waals surface area contributed by atoms with Crippen molar-refractivity contribution in [3.05, 3.63) is 64.1 Å². The Labute approximate surface area is 181 Å². The molecule has 1 aliphatic heterocycles. The molecule has 29 heavy (non-hydrogen) atoms. The summed E-state index contributed by atoms with van der Waals surface area (Å²) in [6, 6.07) is 15.8. The molecule has 0 amide bonds. The summed E-state index contributed by atoms with van der Waals surface area (Å²) in [6.07, 6.45) is 0.865. The van der Waals surface area contributed by atoms with Crippen LogP contribution in [0.5, 0.6) is 5.75 Å². The third-order valence-corrected chi connectivity index (χ3v) is 7.66. The summed E-state index contributed by atoms with van der Waals surface area (Å²) in [7, 11) is -3.00. The number of aliphatic hydroxyl groups excluding tert-OH is 1. The number of aryl methyl sites for hydroxylation is 1. The van der Waals surface area contributed by atoms with Crippen LogP contribution in [0.3, 0.4) is 0 Å². The minimum atomic E-state index is -3.00. The molecular weight excluding hydrogens is 454 g/mol. The first kappa shape index (κ1) is 22.3. The fourth-order valence-corrected chi connectivity index (χ4v) is 5.75. The molecule has 2 unspecified atom stereocenters. The number of rotatable bonds is 9. The number of hydrogen-bond donors (Lipinski definition) is 1. The molecule has 1 N–H and O–H groups in total. The molecule has 0 spiro atoms. The van der Waals surface area contributed by atoms with E-state index in [0.29, 0.717) is 25.3 Å². The van der Waals surface area contributed by atoms with E-state index in [4.69, 9.17) is 4.74 Å². The number of aliphatic hydroxyl groups is 1. The van der Waals surface area contributed by atoms with Gasteiger partial charge >= 0.3 is 0 Å². The van der Waals surface area contributed by atoms with Gasteiger partial charge in [-0.2, -0.15) is 0 Å². The van der Waals surface area contributed by atoms with Crippen LogP contribution in [-0.4, -0.2) is 55.2 Å². The lowest BCUT2D eigenvalue weighted by atomic mass is 10.1. The monoisotopic (exact) mass is 481 g/mol. The lowest BCUT2D eigenvalue weighted by molar-refractivity contribution is 0.0522. The predicted octanol–water partition coefficient (Wildman–Crippen LogP) is 3.44. The van der Waals surface area contributed by atoms with Crippen LogP contribution in [-0.2, 0) is 22.8 Å². The third-order valence-electron chi connectivity index (χ3n) is 5.25. The van der Waals surface area contributed by atoms with Crippen LogP contribution in [0.4, 0.5) is 0 Å². The van der Waals surface area contributed by atoms with E-state index in [0.717, 1.165) is 16.5 Å². The highest BCUT2D eigenvalue weighted by Gasteiger charge is 2.33. The summed E-state index contributed by atoms with van der Waals surface area (Å²) in [5.41, 5.74) is 2.39. The van der Waals surface area contributed by atoms with Crippen LogP contribution in [0.2, 0.25) is 0 Å². The second-order valence-corrected chi connectivity index (χ2v) is 10.6. The quantitative estimate of drug-likeness (QED) is 0.593. The van der Waals surface area contributed by atoms with Crippen molar-refractivity contribution in [2.75, 3.05) is 24.7 Å². The molecule has 5 nitrogen and oxygen atoms in total. The van der Waals surface area contributed by atoms with Crippen LogP contribution in [0.25, 0.3) is 0 Å². The zero-order valence-corrected chi connectivity index (χ0v) is 19.0. The van der Waals surface area contributed by atoms with Crippen LogP contribution < -0.4 is 4.74 Å². The molecule has 0 radical (unpaired) electrons. The van der Waals surface area contributed by atoms with Crippen molar-refractivity contribution in [1.82, 2.24) is 4.90 Å². The Balaban J connectivity index is 1.66. The van der Waals surface area contributed by atoms with Crippen molar-refractivity contribution >= 4 is 25.8 Å². The number of hydrogen-bond acceptors (Lipinski definition) is 5. The smallest absolute Gasteiger partial charge is 0.151 e. The first-order chi connectivity index (χ1) is 13.9. The molecule has 1 heterocycles. The van der Waals surface area contributed by atoms with Gasteiger partial charge in [-0.05, 0) is 52.0 Å². The molecule has 1 fully saturated rings. The lowest BCUT2D eigenvalue weighted by Gasteiger charge is -2.30. The molecule has 0 aliphatic carbocycles. The number of ether oxygens (including phenoxy) is 1. The Morgan fingerprint density at radius 2 is 1.86 bits per heavy atom. The normalized spacial score (nSPS) is 19.4. The summed E-state index contributed by atoms with van der Waals surface area (Å²) in [5.74, 6) is 1.04. The largest absolute Gasteiger partial charge is 0.490 e. The van der Waals surface area contributed by atoms with Crippen molar-refractivity contribution in [3.8, 4) is 5.75 Å². The number of benzene rings is 2. The maximum absolute atomic E-state index is 12.0. The third kappa shape index (κ3) is 6.54. The van der Waals surface area contributed by atoms with Gasteiger partial charge in [0.05, 0.1) is 16.0 Å². The van der Waals surface area contributed by atoms with Crippen molar-refractivity contribution in [2.24, 2.45) is 0 Å². The first-order valence-electron chi connectivity index (χ1n) is 9.94. The fourth-order valence-electron chi connectivity index (χ4n) is 3.59. The highest BCUT2D eigenvalue weighted by Crippen LogP contribution is 2.24. The number of para-hydroxylation sites is 1. The van der Waals surface area contributed by atoms with Crippen molar-refractivity contribution < 1.29 is 18.3 Å². The van der Waals surface area contributed by atoms with E-state index < -0.39 is 15.9 Å². The van der Waals surface area contributed by atoms with Gasteiger partial charge in [-0.15, -0.1) is 0 Å². The van der Waals surface area contributed by atoms with Gasteiger partial charge in [-0.1, -0.05) is 43.3 Å². The van der Waals surface area contributed by atoms with Gasteiger partial charge in [0.2, 0.25) is 0 Å². The molecule has 0 bridgehead atoms. The van der Waals surface area contributed by atoms with E-state index in [2.05, 4.69) is 52.0 Å². The first-order valence-corrected chi connectivity index (χ1v) is 12.6. The Kier molecular flexibility index (Phi) is 7.73. The van der Waals surface area contributed by atoms with Gasteiger partial charge in [0.15, 0.2) is 9.84 Å². The molecule has 3 rings (SSSR count). The van der Waals surface area contributed by atoms with E-state index in [1.54, 1.807) is 0 Å². The van der Waals surface area contributed by atoms with Gasteiger partial charge < -0.3 is 9.84 Å². The average Bonchev–Trinajstić information content (AvgIpc) is 3.07. The minimum Gasteiger partial charge on any atom is -0.490 e. The molecule has 1 aliphatic rings. The van der Waals surface area contributed by atoms with Gasteiger partial charge in [-0.3, -0.25) is 4.90 Å². The molecule has 0 aromatic heterocycles. The molecule has 2 aromatic carbocycles. The molecule has 0 saturated carbocycles. The van der Waals surface area contributed by atoms with Gasteiger partial charge in [0, 0.05) is 19.1 Å². The van der Waals surface area contributed by atoms with Crippen LogP contribution >= 0.6 is 15.9 Å². The molecular formula is C22H28BrNO4S. The predicted molar refractivity (Wildman–Crippen MR) is 119 cm³/mol. The molecule has 2 aromatic rings. The molecule has 158 valence electrons. The SMILES string of the molecule is CCc1ccc(CN(CC(O)COc2ccccc2Br)C2CCS(=O)(=O)C2)cc1. The Bertz CT molecular complexity index is 901. The number of halogens is 1. The summed E-state index contributed by atoms with van der Waals surface area (Å²) >= 11 is 3.44. The van der Waals surface area contributed by atoms with E-state index >= 15 is 0 Å². The molecule has 7 heteroatoms. The van der Waals surface area contributed by atoms with Crippen LogP contribution in [0.15, 0.2) is 53.0 Å². The van der Waals surface area contributed by atoms with Crippen LogP contribution in [0.1, 0.15) is 24.5 Å². The standard InChI is InChI=1S/C22H28BrNO4S/c1-2-17-7-9-18(10-8-17)13-24(19-11-12-29(26,27)16-19)14-20(25)15-28-22-6-4-3-5-21(22)23/h3-10,19-20,25H,2,11-16H2,1H3. The summed E-state index contributed by atoms with van der Waals surface area (Å²) in [5, 5.41) is 10.6. The highest BCUT2D eigenvalue weighted by atomic mass is 79.9. The summed E-state index contributed by atoms with van der Waals surface area (Å²) < 4.78 is 30.6. The Morgan fingerprint density at radius 3 is 2.48 bits per heavy atom. The molecule has 1 saturated heterocycles. The minimum absolute atomic E-state index is 0.0797. The second kappa shape index (κ2) is 10.1. The zero-order chi connectivity index (χ0) is 20.9. The van der Waals surface area contributed by atoms with Crippen molar-refractivity contribution in [3.63, 3.8) is 0 Å². The van der Waals surface area contributed by atoms with Gasteiger partial charge in [-0.25, -0.2) is 8.42 Å². The Morgan fingerprint density at radius 1 is 1.17 bits per heavy atom. The summed E-state index contributed by atoms with van der Waals surface area (Å²) in [6.45, 7) is 3.23. The Hall–Kier alpha value is -1.41. The second-order valence-electron chi connectivity index (χ2n) is 7.55. The van der Waals surface area contributed by atoms with Crippen LogP contribution in [0, 0.1) is 0 Å². The van der Waals surface area contributed by atoms with E-state index in [1.807, 2.05) is 24.3 Å². The van der Waals surface area contributed by atoms with Crippen molar-refractivity contribution in [1.29, 1.82) is 0 Å².